The Labute approximate surface area is 73.3 Å². The topological polar surface area (TPSA) is 39.1 Å². The van der Waals surface area contributed by atoms with Crippen LogP contribution in [0.3, 0.4) is 0 Å². The highest BCUT2D eigenvalue weighted by atomic mass is 15.2. The van der Waals surface area contributed by atoms with Crippen LogP contribution < -0.4 is 5.32 Å². The molecule has 0 amide bonds. The van der Waals surface area contributed by atoms with E-state index in [0.29, 0.717) is 6.42 Å². The fraction of sp³-hybridized carbons (Fsp3) is 0.889. The second kappa shape index (κ2) is 3.42. The Hall–Kier alpha value is -0.590. The van der Waals surface area contributed by atoms with Crippen molar-refractivity contribution in [3.05, 3.63) is 0 Å². The van der Waals surface area contributed by atoms with E-state index in [0.717, 1.165) is 18.4 Å². The molecule has 1 N–H and O–H groups in total. The maximum absolute atomic E-state index is 8.44. The smallest absolute Gasteiger partial charge is 0.0635 e. The average Bonchev–Trinajstić information content (AvgIpc) is 2.58. The van der Waals surface area contributed by atoms with Gasteiger partial charge in [-0.15, -0.1) is 0 Å². The van der Waals surface area contributed by atoms with E-state index in [4.69, 9.17) is 5.26 Å². The van der Waals surface area contributed by atoms with Crippen molar-refractivity contribution < 1.29 is 0 Å². The molecule has 2 aliphatic rings. The first-order valence-electron chi connectivity index (χ1n) is 4.70. The summed E-state index contributed by atoms with van der Waals surface area (Å²) < 4.78 is 0. The molecule has 0 aromatic carbocycles. The Morgan fingerprint density at radius 2 is 2.00 bits per heavy atom. The summed E-state index contributed by atoms with van der Waals surface area (Å²) in [5, 5.41) is 11.8. The third-order valence-corrected chi connectivity index (χ3v) is 3.00. The lowest BCUT2D eigenvalue weighted by atomic mass is 10.0. The average molecular weight is 165 g/mol. The van der Waals surface area contributed by atoms with Crippen LogP contribution in [0.15, 0.2) is 0 Å². The van der Waals surface area contributed by atoms with Crippen molar-refractivity contribution in [2.24, 2.45) is 11.8 Å². The van der Waals surface area contributed by atoms with Gasteiger partial charge in [-0.25, -0.2) is 0 Å². The predicted molar refractivity (Wildman–Crippen MR) is 46.5 cm³/mol. The fourth-order valence-electron chi connectivity index (χ4n) is 2.34. The van der Waals surface area contributed by atoms with Crippen LogP contribution in [0.1, 0.15) is 6.42 Å². The lowest BCUT2D eigenvalue weighted by Crippen LogP contribution is -2.26. The summed E-state index contributed by atoms with van der Waals surface area (Å²) in [6.45, 7) is 5.77. The molecule has 0 aromatic rings. The summed E-state index contributed by atoms with van der Waals surface area (Å²) in [4.78, 5) is 2.43. The molecule has 0 radical (unpaired) electrons. The van der Waals surface area contributed by atoms with Crippen LogP contribution in [0.25, 0.3) is 0 Å². The highest BCUT2D eigenvalue weighted by molar-refractivity contribution is 4.91. The first-order valence-corrected chi connectivity index (χ1v) is 4.70. The number of nitrogens with zero attached hydrogens (tertiary/aromatic N) is 2. The lowest BCUT2D eigenvalue weighted by Gasteiger charge is -2.14. The summed E-state index contributed by atoms with van der Waals surface area (Å²) in [5.74, 6) is 1.73. The van der Waals surface area contributed by atoms with Gasteiger partial charge in [0, 0.05) is 26.1 Å². The molecule has 0 aliphatic carbocycles. The van der Waals surface area contributed by atoms with Gasteiger partial charge >= 0.3 is 0 Å². The Kier molecular flexibility index (Phi) is 2.29. The Morgan fingerprint density at radius 3 is 2.58 bits per heavy atom. The molecule has 2 aliphatic heterocycles. The molecular weight excluding hydrogens is 150 g/mol. The van der Waals surface area contributed by atoms with E-state index >= 15 is 0 Å². The number of nitrogens with one attached hydrogen (secondary N) is 1. The molecule has 3 heteroatoms. The Bertz CT molecular complexity index is 184. The van der Waals surface area contributed by atoms with Gasteiger partial charge in [-0.05, 0) is 24.9 Å². The van der Waals surface area contributed by atoms with Crippen LogP contribution >= 0.6 is 0 Å². The van der Waals surface area contributed by atoms with Crippen LogP contribution in [0.5, 0.6) is 0 Å². The van der Waals surface area contributed by atoms with Crippen molar-refractivity contribution >= 4 is 0 Å². The van der Waals surface area contributed by atoms with E-state index in [1.54, 1.807) is 0 Å². The molecule has 2 fully saturated rings. The Balaban J connectivity index is 1.80. The predicted octanol–water partition coefficient (Wildman–Crippen LogP) is 0.0513. The van der Waals surface area contributed by atoms with Crippen molar-refractivity contribution in [3.63, 3.8) is 0 Å². The van der Waals surface area contributed by atoms with E-state index in [2.05, 4.69) is 16.3 Å². The number of hydrogen-bond donors (Lipinski definition) is 1. The monoisotopic (exact) mass is 165 g/mol. The summed E-state index contributed by atoms with van der Waals surface area (Å²) in [7, 11) is 0. The number of rotatable bonds is 2. The normalized spacial score (nSPS) is 34.9. The van der Waals surface area contributed by atoms with Gasteiger partial charge in [0.1, 0.15) is 0 Å². The highest BCUT2D eigenvalue weighted by Crippen LogP contribution is 2.25. The molecule has 12 heavy (non-hydrogen) atoms. The molecule has 2 atom stereocenters. The fourth-order valence-corrected chi connectivity index (χ4v) is 2.34. The SMILES string of the molecule is N#CCCN1C[C@H]2CNC[C@H]2C1. The van der Waals surface area contributed by atoms with E-state index in [9.17, 15) is 0 Å². The zero-order valence-corrected chi connectivity index (χ0v) is 7.29. The van der Waals surface area contributed by atoms with E-state index in [1.807, 2.05) is 0 Å². The molecule has 66 valence electrons. The van der Waals surface area contributed by atoms with Crippen molar-refractivity contribution in [3.8, 4) is 6.07 Å². The zero-order chi connectivity index (χ0) is 8.39. The molecular formula is C9H15N3. The standard InChI is InChI=1S/C9H15N3/c10-2-1-3-12-6-8-4-11-5-9(8)7-12/h8-9,11H,1,3-7H2/t8-,9+. The van der Waals surface area contributed by atoms with Gasteiger partial charge in [0.15, 0.2) is 0 Å². The summed E-state index contributed by atoms with van der Waals surface area (Å²) in [5.41, 5.74) is 0. The van der Waals surface area contributed by atoms with Crippen LogP contribution in [0.4, 0.5) is 0 Å². The third kappa shape index (κ3) is 1.45. The van der Waals surface area contributed by atoms with Crippen LogP contribution in [0, 0.1) is 23.2 Å². The number of likely N-dealkylation sites (tertiary alicyclic amines) is 1. The summed E-state index contributed by atoms with van der Waals surface area (Å²) in [6, 6.07) is 2.20. The van der Waals surface area contributed by atoms with Gasteiger partial charge < -0.3 is 10.2 Å². The first-order chi connectivity index (χ1) is 5.90. The summed E-state index contributed by atoms with van der Waals surface area (Å²) in [6.07, 6.45) is 0.687. The second-order valence-electron chi connectivity index (χ2n) is 3.85. The largest absolute Gasteiger partial charge is 0.316 e. The maximum Gasteiger partial charge on any atom is 0.0635 e. The molecule has 0 unspecified atom stereocenters. The zero-order valence-electron chi connectivity index (χ0n) is 7.29. The van der Waals surface area contributed by atoms with Crippen LogP contribution in [-0.2, 0) is 0 Å². The van der Waals surface area contributed by atoms with Gasteiger partial charge in [-0.1, -0.05) is 0 Å². The molecule has 2 rings (SSSR count). The van der Waals surface area contributed by atoms with E-state index in [-0.39, 0.29) is 0 Å². The van der Waals surface area contributed by atoms with Crippen molar-refractivity contribution in [1.82, 2.24) is 10.2 Å². The minimum absolute atomic E-state index is 0.687. The van der Waals surface area contributed by atoms with E-state index < -0.39 is 0 Å². The number of hydrogen-bond acceptors (Lipinski definition) is 3. The molecule has 2 saturated heterocycles. The molecule has 2 heterocycles. The Morgan fingerprint density at radius 1 is 1.33 bits per heavy atom. The van der Waals surface area contributed by atoms with Crippen molar-refractivity contribution in [1.29, 1.82) is 5.26 Å². The molecule has 3 nitrogen and oxygen atoms in total. The minimum atomic E-state index is 0.687. The second-order valence-corrected chi connectivity index (χ2v) is 3.85. The van der Waals surface area contributed by atoms with Crippen LogP contribution in [0.2, 0.25) is 0 Å². The molecule has 0 aromatic heterocycles. The van der Waals surface area contributed by atoms with Gasteiger partial charge in [0.05, 0.1) is 6.07 Å². The van der Waals surface area contributed by atoms with Crippen molar-refractivity contribution in [2.45, 2.75) is 6.42 Å². The lowest BCUT2D eigenvalue weighted by molar-refractivity contribution is 0.320. The third-order valence-electron chi connectivity index (χ3n) is 3.00. The minimum Gasteiger partial charge on any atom is -0.316 e. The van der Waals surface area contributed by atoms with Crippen LogP contribution in [-0.4, -0.2) is 37.6 Å². The first kappa shape index (κ1) is 8.03. The number of nitriles is 1. The van der Waals surface area contributed by atoms with Crippen molar-refractivity contribution in [2.75, 3.05) is 32.7 Å². The summed E-state index contributed by atoms with van der Waals surface area (Å²) >= 11 is 0. The molecule has 0 saturated carbocycles. The molecule has 0 spiro atoms. The van der Waals surface area contributed by atoms with Gasteiger partial charge in [-0.2, -0.15) is 5.26 Å². The highest BCUT2D eigenvalue weighted by Gasteiger charge is 2.35. The molecule has 0 bridgehead atoms. The maximum atomic E-state index is 8.44. The van der Waals surface area contributed by atoms with Gasteiger partial charge in [0.2, 0.25) is 0 Å². The van der Waals surface area contributed by atoms with Gasteiger partial charge in [0.25, 0.3) is 0 Å². The number of fused-ring (bicyclic) bond motifs is 1. The van der Waals surface area contributed by atoms with Gasteiger partial charge in [-0.3, -0.25) is 0 Å². The van der Waals surface area contributed by atoms with E-state index in [1.165, 1.54) is 26.2 Å². The quantitative estimate of drug-likeness (QED) is 0.628.